The minimum absolute atomic E-state index is 0.0186. The third kappa shape index (κ3) is 3.79. The standard InChI is InChI=1S/C11H17NO4S2/c1-4-11(2,3)7-12-18(15,16)9-6-5-8(17-9)10(13)14/h5-6,12H,4,7H2,1-3H3,(H,13,14). The van der Waals surface area contributed by atoms with E-state index in [0.717, 1.165) is 17.8 Å². The molecule has 0 spiro atoms. The van der Waals surface area contributed by atoms with Crippen molar-refractivity contribution in [1.82, 2.24) is 4.72 Å². The normalized spacial score (nSPS) is 12.6. The van der Waals surface area contributed by atoms with Crippen molar-refractivity contribution in [3.63, 3.8) is 0 Å². The number of nitrogens with one attached hydrogen (secondary N) is 1. The lowest BCUT2D eigenvalue weighted by molar-refractivity contribution is 0.0702. The van der Waals surface area contributed by atoms with E-state index in [2.05, 4.69) is 4.72 Å². The highest BCUT2D eigenvalue weighted by Gasteiger charge is 2.22. The number of sulfonamides is 1. The van der Waals surface area contributed by atoms with Gasteiger partial charge in [0.15, 0.2) is 0 Å². The van der Waals surface area contributed by atoms with Gasteiger partial charge in [0.25, 0.3) is 0 Å². The largest absolute Gasteiger partial charge is 0.477 e. The number of aromatic carboxylic acids is 1. The summed E-state index contributed by atoms with van der Waals surface area (Å²) in [5.41, 5.74) is -0.125. The summed E-state index contributed by atoms with van der Waals surface area (Å²) in [4.78, 5) is 10.7. The van der Waals surface area contributed by atoms with Crippen molar-refractivity contribution >= 4 is 27.3 Å². The van der Waals surface area contributed by atoms with E-state index in [4.69, 9.17) is 5.11 Å². The summed E-state index contributed by atoms with van der Waals surface area (Å²) in [5.74, 6) is -1.12. The van der Waals surface area contributed by atoms with Gasteiger partial charge in [-0.25, -0.2) is 17.9 Å². The van der Waals surface area contributed by atoms with E-state index in [1.165, 1.54) is 12.1 Å². The van der Waals surface area contributed by atoms with Gasteiger partial charge in [0.1, 0.15) is 9.09 Å². The Balaban J connectivity index is 2.83. The lowest BCUT2D eigenvalue weighted by Gasteiger charge is -2.22. The van der Waals surface area contributed by atoms with E-state index in [-0.39, 0.29) is 14.5 Å². The molecule has 0 saturated carbocycles. The van der Waals surface area contributed by atoms with Gasteiger partial charge in [-0.1, -0.05) is 20.8 Å². The minimum atomic E-state index is -3.61. The molecule has 0 bridgehead atoms. The molecular formula is C11H17NO4S2. The quantitative estimate of drug-likeness (QED) is 0.841. The van der Waals surface area contributed by atoms with Crippen LogP contribution in [0.5, 0.6) is 0 Å². The highest BCUT2D eigenvalue weighted by atomic mass is 32.2. The first-order chi connectivity index (χ1) is 8.18. The van der Waals surface area contributed by atoms with E-state index in [1.54, 1.807) is 0 Å². The van der Waals surface area contributed by atoms with Crippen molar-refractivity contribution < 1.29 is 18.3 Å². The Labute approximate surface area is 111 Å². The first-order valence-electron chi connectivity index (χ1n) is 5.51. The number of carboxylic acids is 1. The fourth-order valence-corrected chi connectivity index (χ4v) is 3.50. The third-order valence-electron chi connectivity index (χ3n) is 2.75. The Morgan fingerprint density at radius 1 is 1.44 bits per heavy atom. The Morgan fingerprint density at radius 2 is 2.06 bits per heavy atom. The highest BCUT2D eigenvalue weighted by molar-refractivity contribution is 7.91. The molecule has 0 aliphatic heterocycles. The number of thiophene rings is 1. The molecular weight excluding hydrogens is 274 g/mol. The second-order valence-electron chi connectivity index (χ2n) is 4.77. The minimum Gasteiger partial charge on any atom is -0.477 e. The molecule has 0 aromatic carbocycles. The lowest BCUT2D eigenvalue weighted by atomic mass is 9.91. The molecule has 0 amide bonds. The third-order valence-corrected chi connectivity index (χ3v) is 5.72. The molecule has 1 rings (SSSR count). The lowest BCUT2D eigenvalue weighted by Crippen LogP contribution is -2.33. The summed E-state index contributed by atoms with van der Waals surface area (Å²) < 4.78 is 26.4. The fraction of sp³-hybridized carbons (Fsp3) is 0.545. The van der Waals surface area contributed by atoms with E-state index in [0.29, 0.717) is 6.54 Å². The number of hydrogen-bond donors (Lipinski definition) is 2. The van der Waals surface area contributed by atoms with Crippen LogP contribution in [0, 0.1) is 5.41 Å². The van der Waals surface area contributed by atoms with Crippen LogP contribution >= 0.6 is 11.3 Å². The zero-order chi connectivity index (χ0) is 14.0. The Kier molecular flexibility index (Phi) is 4.52. The van der Waals surface area contributed by atoms with Gasteiger partial charge in [-0.3, -0.25) is 0 Å². The number of hydrogen-bond acceptors (Lipinski definition) is 4. The maximum absolute atomic E-state index is 11.9. The van der Waals surface area contributed by atoms with E-state index < -0.39 is 16.0 Å². The summed E-state index contributed by atoms with van der Waals surface area (Å²) in [6.07, 6.45) is 0.848. The topological polar surface area (TPSA) is 83.5 Å². The van der Waals surface area contributed by atoms with Crippen molar-refractivity contribution in [3.8, 4) is 0 Å². The molecule has 0 radical (unpaired) electrons. The molecule has 7 heteroatoms. The summed E-state index contributed by atoms with van der Waals surface area (Å²) in [6.45, 7) is 6.24. The first kappa shape index (κ1) is 15.1. The molecule has 0 atom stereocenters. The molecule has 0 fully saturated rings. The Hall–Kier alpha value is -0.920. The van der Waals surface area contributed by atoms with Gasteiger partial charge in [-0.15, -0.1) is 11.3 Å². The molecule has 5 nitrogen and oxygen atoms in total. The van der Waals surface area contributed by atoms with Crippen LogP contribution in [0.3, 0.4) is 0 Å². The van der Waals surface area contributed by atoms with Gasteiger partial charge in [0.2, 0.25) is 10.0 Å². The van der Waals surface area contributed by atoms with E-state index in [9.17, 15) is 13.2 Å². The van der Waals surface area contributed by atoms with Gasteiger partial charge in [-0.2, -0.15) is 0 Å². The van der Waals surface area contributed by atoms with Gasteiger partial charge in [-0.05, 0) is 24.0 Å². The number of carboxylic acid groups (broad SMARTS) is 1. The fourth-order valence-electron chi connectivity index (χ4n) is 1.07. The van der Waals surface area contributed by atoms with Crippen LogP contribution < -0.4 is 4.72 Å². The average Bonchev–Trinajstić information content (AvgIpc) is 2.77. The molecule has 0 aliphatic carbocycles. The van der Waals surface area contributed by atoms with Gasteiger partial charge in [0, 0.05) is 6.54 Å². The van der Waals surface area contributed by atoms with Gasteiger partial charge in [0.05, 0.1) is 0 Å². The molecule has 1 aromatic rings. The summed E-state index contributed by atoms with van der Waals surface area (Å²) >= 11 is 0.756. The average molecular weight is 291 g/mol. The smallest absolute Gasteiger partial charge is 0.345 e. The molecule has 1 heterocycles. The predicted octanol–water partition coefficient (Wildman–Crippen LogP) is 2.16. The SMILES string of the molecule is CCC(C)(C)CNS(=O)(=O)c1ccc(C(=O)O)s1. The molecule has 102 valence electrons. The first-order valence-corrected chi connectivity index (χ1v) is 7.81. The van der Waals surface area contributed by atoms with Crippen molar-refractivity contribution in [2.75, 3.05) is 6.54 Å². The van der Waals surface area contributed by atoms with Crippen LogP contribution in [0.25, 0.3) is 0 Å². The van der Waals surface area contributed by atoms with Crippen LogP contribution in [-0.4, -0.2) is 26.0 Å². The zero-order valence-corrected chi connectivity index (χ0v) is 12.2. The van der Waals surface area contributed by atoms with Crippen molar-refractivity contribution in [3.05, 3.63) is 17.0 Å². The summed E-state index contributed by atoms with van der Waals surface area (Å²) in [6, 6.07) is 2.61. The Bertz CT molecular complexity index is 531. The molecule has 0 unspecified atom stereocenters. The second-order valence-corrected chi connectivity index (χ2v) is 7.84. The van der Waals surface area contributed by atoms with Crippen LogP contribution in [-0.2, 0) is 10.0 Å². The number of rotatable bonds is 6. The molecule has 0 aliphatic rings. The maximum Gasteiger partial charge on any atom is 0.345 e. The summed E-state index contributed by atoms with van der Waals surface area (Å²) in [7, 11) is -3.61. The zero-order valence-electron chi connectivity index (χ0n) is 10.6. The van der Waals surface area contributed by atoms with Crippen molar-refractivity contribution in [2.45, 2.75) is 31.4 Å². The molecule has 18 heavy (non-hydrogen) atoms. The second kappa shape index (κ2) is 5.38. The van der Waals surface area contributed by atoms with Crippen molar-refractivity contribution in [1.29, 1.82) is 0 Å². The van der Waals surface area contributed by atoms with E-state index in [1.807, 2.05) is 20.8 Å². The van der Waals surface area contributed by atoms with E-state index >= 15 is 0 Å². The number of carbonyl (C=O) groups is 1. The van der Waals surface area contributed by atoms with Crippen LogP contribution in [0.4, 0.5) is 0 Å². The maximum atomic E-state index is 11.9. The van der Waals surface area contributed by atoms with Gasteiger partial charge >= 0.3 is 5.97 Å². The molecule has 1 aromatic heterocycles. The Morgan fingerprint density at radius 3 is 2.50 bits per heavy atom. The molecule has 2 N–H and O–H groups in total. The van der Waals surface area contributed by atoms with Crippen molar-refractivity contribution in [2.24, 2.45) is 5.41 Å². The van der Waals surface area contributed by atoms with Gasteiger partial charge < -0.3 is 5.11 Å². The molecule has 0 saturated heterocycles. The van der Waals surface area contributed by atoms with Crippen LogP contribution in [0.1, 0.15) is 36.9 Å². The van der Waals surface area contributed by atoms with Crippen LogP contribution in [0.15, 0.2) is 16.3 Å². The predicted molar refractivity (Wildman–Crippen MR) is 70.5 cm³/mol. The monoisotopic (exact) mass is 291 g/mol. The highest BCUT2D eigenvalue weighted by Crippen LogP contribution is 2.23. The van der Waals surface area contributed by atoms with Crippen LogP contribution in [0.2, 0.25) is 0 Å². The summed E-state index contributed by atoms with van der Waals surface area (Å²) in [5, 5.41) is 8.76.